The summed E-state index contributed by atoms with van der Waals surface area (Å²) in [6, 6.07) is 0. The van der Waals surface area contributed by atoms with Crippen molar-refractivity contribution in [1.29, 1.82) is 0 Å². The van der Waals surface area contributed by atoms with Gasteiger partial charge in [0.05, 0.1) is 18.7 Å². The molecule has 0 bridgehead atoms. The van der Waals surface area contributed by atoms with E-state index in [9.17, 15) is 22.4 Å². The smallest absolute Gasteiger partial charge is 0.293 e. The molecule has 1 fully saturated rings. The van der Waals surface area contributed by atoms with Crippen molar-refractivity contribution in [3.63, 3.8) is 0 Å². The highest BCUT2D eigenvalue weighted by atomic mass is 19.3. The third-order valence-electron chi connectivity index (χ3n) is 2.78. The van der Waals surface area contributed by atoms with E-state index in [2.05, 4.69) is 10.2 Å². The van der Waals surface area contributed by atoms with E-state index in [0.717, 1.165) is 11.0 Å². The van der Waals surface area contributed by atoms with Crippen LogP contribution in [0.25, 0.3) is 0 Å². The molecule has 0 saturated heterocycles. The van der Waals surface area contributed by atoms with Gasteiger partial charge < -0.3 is 0 Å². The zero-order chi connectivity index (χ0) is 12.8. The summed E-state index contributed by atoms with van der Waals surface area (Å²) in [7, 11) is 0. The van der Waals surface area contributed by atoms with E-state index in [-0.39, 0.29) is 11.5 Å². The maximum atomic E-state index is 12.9. The molecule has 0 N–H and O–H groups in total. The van der Waals surface area contributed by atoms with Crippen LogP contribution in [0.15, 0.2) is 6.20 Å². The molecule has 2 rings (SSSR count). The third-order valence-corrected chi connectivity index (χ3v) is 2.78. The Labute approximate surface area is 93.6 Å². The fourth-order valence-corrected chi connectivity index (χ4v) is 1.66. The first-order chi connectivity index (χ1) is 7.74. The van der Waals surface area contributed by atoms with Gasteiger partial charge in [-0.05, 0) is 0 Å². The molecular weight excluding hydrogens is 242 g/mol. The van der Waals surface area contributed by atoms with Gasteiger partial charge in [-0.1, -0.05) is 0 Å². The number of aromatic nitrogens is 3. The van der Waals surface area contributed by atoms with Gasteiger partial charge >= 0.3 is 11.8 Å². The number of ketones is 1. The minimum Gasteiger partial charge on any atom is -0.293 e. The van der Waals surface area contributed by atoms with Gasteiger partial charge in [-0.2, -0.15) is 32.6 Å². The van der Waals surface area contributed by atoms with Crippen molar-refractivity contribution in [3.05, 3.63) is 11.9 Å². The van der Waals surface area contributed by atoms with Crippen LogP contribution in [0.5, 0.6) is 0 Å². The van der Waals surface area contributed by atoms with E-state index in [4.69, 9.17) is 0 Å². The molecule has 0 aromatic carbocycles. The molecule has 1 heterocycles. The van der Waals surface area contributed by atoms with E-state index >= 15 is 0 Å². The number of hydrogen-bond donors (Lipinski definition) is 0. The van der Waals surface area contributed by atoms with Crippen LogP contribution in [0.3, 0.4) is 0 Å². The number of hydrogen-bond acceptors (Lipinski definition) is 3. The molecule has 1 aliphatic carbocycles. The predicted molar refractivity (Wildman–Crippen MR) is 48.0 cm³/mol. The third kappa shape index (κ3) is 1.81. The van der Waals surface area contributed by atoms with Gasteiger partial charge in [0.1, 0.15) is 5.69 Å². The Morgan fingerprint density at radius 2 is 2.18 bits per heavy atom. The molecule has 94 valence electrons. The minimum atomic E-state index is -4.03. The largest absolute Gasteiger partial charge is 0.315 e. The molecule has 17 heavy (non-hydrogen) atoms. The first kappa shape index (κ1) is 12.0. The summed E-state index contributed by atoms with van der Waals surface area (Å²) < 4.78 is 51.0. The molecule has 0 radical (unpaired) electrons. The highest BCUT2D eigenvalue weighted by Gasteiger charge is 2.71. The van der Waals surface area contributed by atoms with Crippen molar-refractivity contribution in [3.8, 4) is 0 Å². The van der Waals surface area contributed by atoms with Gasteiger partial charge in [-0.25, -0.2) is 0 Å². The summed E-state index contributed by atoms with van der Waals surface area (Å²) in [5.41, 5.74) is 0.0272. The SMILES string of the molecule is CC(=O)c1cnn(CC2CC(F)(F)C2(F)F)n1. The van der Waals surface area contributed by atoms with Crippen LogP contribution in [0, 0.1) is 5.92 Å². The van der Waals surface area contributed by atoms with Crippen molar-refractivity contribution in [2.45, 2.75) is 31.7 Å². The average Bonchev–Trinajstić information content (AvgIpc) is 2.65. The van der Waals surface area contributed by atoms with E-state index in [1.165, 1.54) is 6.92 Å². The van der Waals surface area contributed by atoms with Crippen LogP contribution in [0.1, 0.15) is 23.8 Å². The van der Waals surface area contributed by atoms with E-state index in [0.29, 0.717) is 0 Å². The van der Waals surface area contributed by atoms with Crippen molar-refractivity contribution in [1.82, 2.24) is 15.0 Å². The van der Waals surface area contributed by atoms with Crippen LogP contribution >= 0.6 is 0 Å². The van der Waals surface area contributed by atoms with E-state index in [1.807, 2.05) is 0 Å². The van der Waals surface area contributed by atoms with E-state index in [1.54, 1.807) is 0 Å². The molecular formula is C9H9F4N3O. The van der Waals surface area contributed by atoms with Crippen molar-refractivity contribution in [2.75, 3.05) is 0 Å². The Morgan fingerprint density at radius 3 is 2.59 bits per heavy atom. The molecule has 0 spiro atoms. The lowest BCUT2D eigenvalue weighted by molar-refractivity contribution is -0.316. The molecule has 1 aliphatic rings. The topological polar surface area (TPSA) is 47.8 Å². The number of carbonyl (C=O) groups is 1. The summed E-state index contributed by atoms with van der Waals surface area (Å²) >= 11 is 0. The number of rotatable bonds is 3. The van der Waals surface area contributed by atoms with Crippen LogP contribution in [0.2, 0.25) is 0 Å². The van der Waals surface area contributed by atoms with Gasteiger partial charge in [-0.15, -0.1) is 0 Å². The summed E-state index contributed by atoms with van der Waals surface area (Å²) in [6.07, 6.45) is 0.230. The molecule has 1 unspecified atom stereocenters. The first-order valence-corrected chi connectivity index (χ1v) is 4.91. The lowest BCUT2D eigenvalue weighted by atomic mass is 9.77. The number of nitrogens with zero attached hydrogens (tertiary/aromatic N) is 3. The van der Waals surface area contributed by atoms with Gasteiger partial charge in [0.15, 0.2) is 5.78 Å². The van der Waals surface area contributed by atoms with Gasteiger partial charge in [-0.3, -0.25) is 4.79 Å². The standard InChI is InChI=1S/C9H9F4N3O/c1-5(17)7-3-14-16(15-7)4-6-2-8(10,11)9(6,12)13/h3,6H,2,4H2,1H3. The Morgan fingerprint density at radius 1 is 1.53 bits per heavy atom. The van der Waals surface area contributed by atoms with Crippen LogP contribution in [-0.2, 0) is 6.54 Å². The van der Waals surface area contributed by atoms with Crippen LogP contribution in [-0.4, -0.2) is 32.6 Å². The molecule has 4 nitrogen and oxygen atoms in total. The zero-order valence-electron chi connectivity index (χ0n) is 8.83. The number of carbonyl (C=O) groups excluding carboxylic acids is 1. The normalized spacial score (nSPS) is 25.4. The molecule has 0 amide bonds. The monoisotopic (exact) mass is 251 g/mol. The number of halogens is 4. The lowest BCUT2D eigenvalue weighted by Gasteiger charge is -2.43. The highest BCUT2D eigenvalue weighted by molar-refractivity contribution is 5.91. The second-order valence-electron chi connectivity index (χ2n) is 4.07. The second kappa shape index (κ2) is 3.51. The fraction of sp³-hybridized carbons (Fsp3) is 0.667. The molecule has 1 atom stereocenters. The Bertz CT molecular complexity index is 457. The minimum absolute atomic E-state index is 0.0272. The number of Topliss-reactive ketones (excluding diaryl/α,β-unsaturated/α-hetero) is 1. The lowest BCUT2D eigenvalue weighted by Crippen LogP contribution is -2.59. The highest BCUT2D eigenvalue weighted by Crippen LogP contribution is 2.55. The van der Waals surface area contributed by atoms with Gasteiger partial charge in [0.2, 0.25) is 0 Å². The van der Waals surface area contributed by atoms with Crippen molar-refractivity contribution in [2.24, 2.45) is 5.92 Å². The van der Waals surface area contributed by atoms with Gasteiger partial charge in [0, 0.05) is 13.3 Å². The Kier molecular flexibility index (Phi) is 2.48. The van der Waals surface area contributed by atoms with Crippen LogP contribution < -0.4 is 0 Å². The van der Waals surface area contributed by atoms with Crippen molar-refractivity contribution < 1.29 is 22.4 Å². The summed E-state index contributed by atoms with van der Waals surface area (Å²) in [4.78, 5) is 11.7. The fourth-order valence-electron chi connectivity index (χ4n) is 1.66. The number of alkyl halides is 4. The Hall–Kier alpha value is -1.47. The molecule has 8 heteroatoms. The second-order valence-corrected chi connectivity index (χ2v) is 4.07. The molecule has 1 aromatic rings. The molecule has 0 aliphatic heterocycles. The molecule has 1 saturated carbocycles. The summed E-state index contributed by atoms with van der Waals surface area (Å²) in [5.74, 6) is -9.84. The van der Waals surface area contributed by atoms with Gasteiger partial charge in [0.25, 0.3) is 0 Å². The maximum Gasteiger partial charge on any atom is 0.315 e. The zero-order valence-corrected chi connectivity index (χ0v) is 8.83. The first-order valence-electron chi connectivity index (χ1n) is 4.91. The molecule has 1 aromatic heterocycles. The quantitative estimate of drug-likeness (QED) is 0.607. The van der Waals surface area contributed by atoms with Crippen molar-refractivity contribution >= 4 is 5.78 Å². The maximum absolute atomic E-state index is 12.9. The Balaban J connectivity index is 2.06. The summed E-state index contributed by atoms with van der Waals surface area (Å²) in [6.45, 7) is 0.830. The van der Waals surface area contributed by atoms with Crippen LogP contribution in [0.4, 0.5) is 17.6 Å². The average molecular weight is 251 g/mol. The van der Waals surface area contributed by atoms with E-state index < -0.39 is 30.7 Å². The summed E-state index contributed by atoms with van der Waals surface area (Å²) in [5, 5.41) is 7.20. The predicted octanol–water partition coefficient (Wildman–Crippen LogP) is 1.77.